The highest BCUT2D eigenvalue weighted by molar-refractivity contribution is 7.89. The summed E-state index contributed by atoms with van der Waals surface area (Å²) in [6.45, 7) is 3.42. The minimum absolute atomic E-state index is 0.157. The zero-order chi connectivity index (χ0) is 14.9. The molecular formula is C11H23F3N2O2S. The lowest BCUT2D eigenvalue weighted by molar-refractivity contribution is -0.135. The lowest BCUT2D eigenvalue weighted by Gasteiger charge is -2.21. The highest BCUT2D eigenvalue weighted by atomic mass is 32.2. The molecular weight excluding hydrogens is 281 g/mol. The first-order chi connectivity index (χ1) is 8.73. The number of sulfonamides is 1. The number of nitrogens with zero attached hydrogens (tertiary/aromatic N) is 1. The molecule has 4 nitrogen and oxygen atoms in total. The normalized spacial score (nSPS) is 13.2. The number of alkyl halides is 3. The van der Waals surface area contributed by atoms with E-state index in [0.717, 1.165) is 13.0 Å². The van der Waals surface area contributed by atoms with E-state index in [2.05, 4.69) is 5.32 Å². The van der Waals surface area contributed by atoms with Crippen molar-refractivity contribution >= 4 is 10.0 Å². The van der Waals surface area contributed by atoms with Crippen LogP contribution >= 0.6 is 0 Å². The van der Waals surface area contributed by atoms with Crippen LogP contribution in [0.15, 0.2) is 0 Å². The van der Waals surface area contributed by atoms with E-state index in [0.29, 0.717) is 23.7 Å². The molecule has 0 atom stereocenters. The Labute approximate surface area is 113 Å². The first-order valence-corrected chi connectivity index (χ1v) is 8.09. The molecule has 0 aromatic heterocycles. The van der Waals surface area contributed by atoms with Gasteiger partial charge in [-0.15, -0.1) is 0 Å². The first-order valence-electron chi connectivity index (χ1n) is 6.48. The van der Waals surface area contributed by atoms with Crippen LogP contribution in [0.2, 0.25) is 0 Å². The van der Waals surface area contributed by atoms with Gasteiger partial charge in [0.05, 0.1) is 5.75 Å². The Balaban J connectivity index is 4.13. The van der Waals surface area contributed by atoms with Gasteiger partial charge in [0.25, 0.3) is 0 Å². The summed E-state index contributed by atoms with van der Waals surface area (Å²) in [6, 6.07) is 0. The van der Waals surface area contributed by atoms with Crippen LogP contribution in [0, 0.1) is 0 Å². The summed E-state index contributed by atoms with van der Waals surface area (Å²) in [4.78, 5) is 0. The van der Waals surface area contributed by atoms with Crippen molar-refractivity contribution in [2.75, 3.05) is 31.9 Å². The first kappa shape index (κ1) is 18.7. The molecule has 8 heteroatoms. The molecule has 0 heterocycles. The predicted octanol–water partition coefficient (Wildman–Crippen LogP) is 1.98. The van der Waals surface area contributed by atoms with Crippen molar-refractivity contribution in [2.45, 2.75) is 39.3 Å². The molecule has 0 aliphatic carbocycles. The van der Waals surface area contributed by atoms with E-state index in [9.17, 15) is 21.6 Å². The van der Waals surface area contributed by atoms with Gasteiger partial charge in [-0.2, -0.15) is 17.5 Å². The van der Waals surface area contributed by atoms with Crippen molar-refractivity contribution in [1.82, 2.24) is 9.62 Å². The molecule has 0 saturated carbocycles. The Morgan fingerprint density at radius 3 is 2.21 bits per heavy atom. The maximum Gasteiger partial charge on any atom is 0.402 e. The van der Waals surface area contributed by atoms with Gasteiger partial charge in [-0.3, -0.25) is 0 Å². The van der Waals surface area contributed by atoms with Gasteiger partial charge in [-0.05, 0) is 32.4 Å². The molecule has 0 fully saturated rings. The van der Waals surface area contributed by atoms with E-state index in [1.807, 2.05) is 6.92 Å². The molecule has 0 aromatic carbocycles. The number of unbranched alkanes of at least 4 members (excludes halogenated alkanes) is 1. The van der Waals surface area contributed by atoms with Gasteiger partial charge >= 0.3 is 6.18 Å². The predicted molar refractivity (Wildman–Crippen MR) is 69.5 cm³/mol. The third kappa shape index (κ3) is 9.23. The van der Waals surface area contributed by atoms with Crippen LogP contribution in [-0.4, -0.2) is 50.8 Å². The van der Waals surface area contributed by atoms with Gasteiger partial charge in [0.1, 0.15) is 6.54 Å². The summed E-state index contributed by atoms with van der Waals surface area (Å²) in [5, 5.41) is 3.11. The summed E-state index contributed by atoms with van der Waals surface area (Å²) >= 11 is 0. The second-order valence-electron chi connectivity index (χ2n) is 4.31. The van der Waals surface area contributed by atoms with Crippen molar-refractivity contribution in [2.24, 2.45) is 0 Å². The third-order valence-corrected chi connectivity index (χ3v) is 4.51. The molecule has 0 radical (unpaired) electrons. The Hall–Kier alpha value is -0.340. The monoisotopic (exact) mass is 304 g/mol. The number of nitrogens with one attached hydrogen (secondary N) is 1. The van der Waals surface area contributed by atoms with E-state index >= 15 is 0 Å². The maximum absolute atomic E-state index is 12.2. The number of halogens is 3. The largest absolute Gasteiger partial charge is 0.402 e. The van der Waals surface area contributed by atoms with Crippen LogP contribution in [-0.2, 0) is 10.0 Å². The molecule has 0 aliphatic rings. The number of hydrogen-bond acceptors (Lipinski definition) is 3. The second kappa shape index (κ2) is 8.76. The highest BCUT2D eigenvalue weighted by Crippen LogP contribution is 2.18. The summed E-state index contributed by atoms with van der Waals surface area (Å²) < 4.78 is 60.7. The van der Waals surface area contributed by atoms with Crippen molar-refractivity contribution in [3.8, 4) is 0 Å². The Kier molecular flexibility index (Phi) is 8.60. The van der Waals surface area contributed by atoms with Gasteiger partial charge in [0, 0.05) is 6.54 Å². The van der Waals surface area contributed by atoms with E-state index in [1.54, 1.807) is 0 Å². The molecule has 0 amide bonds. The molecule has 0 saturated heterocycles. The van der Waals surface area contributed by atoms with Gasteiger partial charge in [0.15, 0.2) is 0 Å². The summed E-state index contributed by atoms with van der Waals surface area (Å²) in [5.41, 5.74) is 0. The van der Waals surface area contributed by atoms with Crippen molar-refractivity contribution < 1.29 is 21.6 Å². The fourth-order valence-electron chi connectivity index (χ4n) is 1.57. The van der Waals surface area contributed by atoms with Crippen LogP contribution in [0.4, 0.5) is 13.2 Å². The lowest BCUT2D eigenvalue weighted by atomic mass is 10.3. The number of hydrogen-bond donors (Lipinski definition) is 1. The standard InChI is InChI=1S/C11H23F3N2O2S/c1-3-7-15-8-5-6-9-19(17,18)16(4-2)10-11(12,13)14/h15H,3-10H2,1-2H3. The molecule has 116 valence electrons. The van der Waals surface area contributed by atoms with E-state index < -0.39 is 22.7 Å². The zero-order valence-corrected chi connectivity index (χ0v) is 12.3. The Bertz CT molecular complexity index is 331. The smallest absolute Gasteiger partial charge is 0.317 e. The van der Waals surface area contributed by atoms with Crippen molar-refractivity contribution in [1.29, 1.82) is 0 Å². The molecule has 0 unspecified atom stereocenters. The van der Waals surface area contributed by atoms with Crippen LogP contribution < -0.4 is 5.32 Å². The summed E-state index contributed by atoms with van der Waals surface area (Å²) in [7, 11) is -3.81. The summed E-state index contributed by atoms with van der Waals surface area (Å²) in [6.07, 6.45) is -2.49. The van der Waals surface area contributed by atoms with Crippen LogP contribution in [0.5, 0.6) is 0 Å². The summed E-state index contributed by atoms with van der Waals surface area (Å²) in [5.74, 6) is -0.231. The SMILES string of the molecule is CCCNCCCCS(=O)(=O)N(CC)CC(F)(F)F. The molecule has 0 rings (SSSR count). The van der Waals surface area contributed by atoms with Gasteiger partial charge in [-0.25, -0.2) is 8.42 Å². The minimum Gasteiger partial charge on any atom is -0.317 e. The molecule has 19 heavy (non-hydrogen) atoms. The average Bonchev–Trinajstić information content (AvgIpc) is 2.29. The number of rotatable bonds is 10. The molecule has 0 aliphatic heterocycles. The van der Waals surface area contributed by atoms with Crippen LogP contribution in [0.1, 0.15) is 33.1 Å². The molecule has 0 spiro atoms. The van der Waals surface area contributed by atoms with Gasteiger partial charge in [0.2, 0.25) is 10.0 Å². The van der Waals surface area contributed by atoms with Crippen LogP contribution in [0.3, 0.4) is 0 Å². The topological polar surface area (TPSA) is 49.4 Å². The van der Waals surface area contributed by atoms with E-state index in [4.69, 9.17) is 0 Å². The van der Waals surface area contributed by atoms with Crippen molar-refractivity contribution in [3.63, 3.8) is 0 Å². The van der Waals surface area contributed by atoms with Gasteiger partial charge < -0.3 is 5.32 Å². The molecule has 0 aromatic rings. The molecule has 0 bridgehead atoms. The van der Waals surface area contributed by atoms with E-state index in [1.165, 1.54) is 6.92 Å². The second-order valence-corrected chi connectivity index (χ2v) is 6.40. The van der Waals surface area contributed by atoms with Crippen molar-refractivity contribution in [3.05, 3.63) is 0 Å². The Morgan fingerprint density at radius 1 is 1.11 bits per heavy atom. The van der Waals surface area contributed by atoms with E-state index in [-0.39, 0.29) is 12.3 Å². The maximum atomic E-state index is 12.2. The fraction of sp³-hybridized carbons (Fsp3) is 1.00. The highest BCUT2D eigenvalue weighted by Gasteiger charge is 2.35. The average molecular weight is 304 g/mol. The quantitative estimate of drug-likeness (QED) is 0.628. The lowest BCUT2D eigenvalue weighted by Crippen LogP contribution is -2.40. The van der Waals surface area contributed by atoms with Gasteiger partial charge in [-0.1, -0.05) is 13.8 Å². The molecule has 1 N–H and O–H groups in total. The fourth-order valence-corrected chi connectivity index (χ4v) is 3.14. The van der Waals surface area contributed by atoms with Crippen LogP contribution in [0.25, 0.3) is 0 Å². The third-order valence-electron chi connectivity index (χ3n) is 2.53. The zero-order valence-electron chi connectivity index (χ0n) is 11.5. The minimum atomic E-state index is -4.49. The Morgan fingerprint density at radius 2 is 1.74 bits per heavy atom.